The molecule has 1 aliphatic rings. The Morgan fingerprint density at radius 3 is 2.32 bits per heavy atom. The maximum absolute atomic E-state index is 8.78. The Balaban J connectivity index is 1.49. The summed E-state index contributed by atoms with van der Waals surface area (Å²) >= 11 is 0. The first-order valence-corrected chi connectivity index (χ1v) is 7.75. The number of benzene rings is 1. The number of nitrogens with one attached hydrogen (secondary N) is 1. The Morgan fingerprint density at radius 2 is 1.68 bits per heavy atom. The van der Waals surface area contributed by atoms with E-state index in [2.05, 4.69) is 33.4 Å². The van der Waals surface area contributed by atoms with Gasteiger partial charge in [0.15, 0.2) is 0 Å². The largest absolute Gasteiger partial charge is 0.357 e. The Bertz CT molecular complexity index is 634. The number of anilines is 1. The maximum atomic E-state index is 8.78. The fourth-order valence-electron chi connectivity index (χ4n) is 2.70. The third-order valence-electron chi connectivity index (χ3n) is 3.98. The maximum Gasteiger partial charge on any atom is 0.128 e. The van der Waals surface area contributed by atoms with Gasteiger partial charge in [0.25, 0.3) is 0 Å². The van der Waals surface area contributed by atoms with Crippen molar-refractivity contribution < 1.29 is 0 Å². The van der Waals surface area contributed by atoms with Crippen LogP contribution in [-0.4, -0.2) is 18.1 Å². The fraction of sp³-hybridized carbons (Fsp3) is 0.333. The summed E-state index contributed by atoms with van der Waals surface area (Å²) in [5.41, 5.74) is 3.07. The SMILES string of the molecule is N#Cc1ccc(CNCc2ccc(N3CCCC3)nc2)cc1. The first kappa shape index (κ1) is 14.6. The van der Waals surface area contributed by atoms with E-state index in [4.69, 9.17) is 5.26 Å². The zero-order valence-electron chi connectivity index (χ0n) is 12.6. The highest BCUT2D eigenvalue weighted by atomic mass is 15.2. The molecule has 0 amide bonds. The van der Waals surface area contributed by atoms with Crippen molar-refractivity contribution in [3.63, 3.8) is 0 Å². The summed E-state index contributed by atoms with van der Waals surface area (Å²) in [6.07, 6.45) is 4.50. The first-order chi connectivity index (χ1) is 10.8. The van der Waals surface area contributed by atoms with Crippen molar-refractivity contribution in [3.8, 4) is 6.07 Å². The minimum atomic E-state index is 0.699. The zero-order chi connectivity index (χ0) is 15.2. The smallest absolute Gasteiger partial charge is 0.128 e. The quantitative estimate of drug-likeness (QED) is 0.920. The Labute approximate surface area is 131 Å². The predicted octanol–water partition coefficient (Wildman–Crippen LogP) is 2.84. The number of nitrogens with zero attached hydrogens (tertiary/aromatic N) is 3. The van der Waals surface area contributed by atoms with Gasteiger partial charge in [-0.15, -0.1) is 0 Å². The van der Waals surface area contributed by atoms with E-state index in [9.17, 15) is 0 Å². The van der Waals surface area contributed by atoms with Crippen LogP contribution in [0.5, 0.6) is 0 Å². The van der Waals surface area contributed by atoms with Crippen molar-refractivity contribution >= 4 is 5.82 Å². The van der Waals surface area contributed by atoms with Crippen LogP contribution in [0, 0.1) is 11.3 Å². The van der Waals surface area contributed by atoms with Crippen LogP contribution in [0.25, 0.3) is 0 Å². The van der Waals surface area contributed by atoms with E-state index in [0.717, 1.165) is 32.0 Å². The van der Waals surface area contributed by atoms with Gasteiger partial charge in [-0.25, -0.2) is 4.98 Å². The average molecular weight is 292 g/mol. The highest BCUT2D eigenvalue weighted by molar-refractivity contribution is 5.40. The highest BCUT2D eigenvalue weighted by Crippen LogP contribution is 2.17. The Morgan fingerprint density at radius 1 is 1.00 bits per heavy atom. The summed E-state index contributed by atoms with van der Waals surface area (Å²) in [7, 11) is 0. The molecule has 0 bridgehead atoms. The van der Waals surface area contributed by atoms with E-state index >= 15 is 0 Å². The number of aromatic nitrogens is 1. The molecule has 0 unspecified atom stereocenters. The minimum absolute atomic E-state index is 0.699. The number of hydrogen-bond donors (Lipinski definition) is 1. The Kier molecular flexibility index (Phi) is 4.67. The van der Waals surface area contributed by atoms with Gasteiger partial charge in [-0.3, -0.25) is 0 Å². The number of hydrogen-bond acceptors (Lipinski definition) is 4. The van der Waals surface area contributed by atoms with Gasteiger partial charge in [0, 0.05) is 32.4 Å². The van der Waals surface area contributed by atoms with E-state index in [-0.39, 0.29) is 0 Å². The first-order valence-electron chi connectivity index (χ1n) is 7.75. The van der Waals surface area contributed by atoms with Crippen molar-refractivity contribution in [2.75, 3.05) is 18.0 Å². The third kappa shape index (κ3) is 3.63. The van der Waals surface area contributed by atoms with E-state index in [1.807, 2.05) is 30.5 Å². The van der Waals surface area contributed by atoms with Crippen molar-refractivity contribution in [1.29, 1.82) is 5.26 Å². The molecule has 0 radical (unpaired) electrons. The van der Waals surface area contributed by atoms with Gasteiger partial charge in [-0.1, -0.05) is 18.2 Å². The van der Waals surface area contributed by atoms with Crippen LogP contribution < -0.4 is 10.2 Å². The van der Waals surface area contributed by atoms with Crippen LogP contribution >= 0.6 is 0 Å². The topological polar surface area (TPSA) is 52.0 Å². The number of rotatable bonds is 5. The molecule has 1 saturated heterocycles. The van der Waals surface area contributed by atoms with Gasteiger partial charge in [0.05, 0.1) is 11.6 Å². The molecule has 1 aliphatic heterocycles. The zero-order valence-corrected chi connectivity index (χ0v) is 12.6. The molecule has 4 heteroatoms. The van der Waals surface area contributed by atoms with Crippen molar-refractivity contribution in [2.24, 2.45) is 0 Å². The summed E-state index contributed by atoms with van der Waals surface area (Å²) in [5, 5.41) is 12.2. The molecule has 1 aromatic carbocycles. The molecule has 1 fully saturated rings. The lowest BCUT2D eigenvalue weighted by Crippen LogP contribution is -2.19. The molecule has 0 atom stereocenters. The highest BCUT2D eigenvalue weighted by Gasteiger charge is 2.12. The normalized spacial score (nSPS) is 14.0. The van der Waals surface area contributed by atoms with Gasteiger partial charge in [0.1, 0.15) is 5.82 Å². The fourth-order valence-corrected chi connectivity index (χ4v) is 2.70. The standard InChI is InChI=1S/C18H20N4/c19-11-15-3-5-16(6-4-15)12-20-13-17-7-8-18(21-14-17)22-9-1-2-10-22/h3-8,14,20H,1-2,9-10,12-13H2. The molecule has 112 valence electrons. The minimum Gasteiger partial charge on any atom is -0.357 e. The second-order valence-corrected chi connectivity index (χ2v) is 5.63. The summed E-state index contributed by atoms with van der Waals surface area (Å²) in [4.78, 5) is 6.90. The molecule has 1 aromatic heterocycles. The monoisotopic (exact) mass is 292 g/mol. The van der Waals surface area contributed by atoms with Crippen LogP contribution in [0.2, 0.25) is 0 Å². The van der Waals surface area contributed by atoms with Crippen molar-refractivity contribution in [1.82, 2.24) is 10.3 Å². The molecule has 0 aliphatic carbocycles. The van der Waals surface area contributed by atoms with Gasteiger partial charge in [0.2, 0.25) is 0 Å². The molecule has 2 heterocycles. The molecule has 4 nitrogen and oxygen atoms in total. The summed E-state index contributed by atoms with van der Waals surface area (Å²) in [5.74, 6) is 1.09. The summed E-state index contributed by atoms with van der Waals surface area (Å²) in [6.45, 7) is 3.85. The van der Waals surface area contributed by atoms with Crippen molar-refractivity contribution in [3.05, 3.63) is 59.3 Å². The van der Waals surface area contributed by atoms with Gasteiger partial charge < -0.3 is 10.2 Å². The van der Waals surface area contributed by atoms with Crippen molar-refractivity contribution in [2.45, 2.75) is 25.9 Å². The molecule has 1 N–H and O–H groups in total. The van der Waals surface area contributed by atoms with Crippen LogP contribution in [0.1, 0.15) is 29.5 Å². The molecular formula is C18H20N4. The number of nitriles is 1. The van der Waals surface area contributed by atoms with E-state index in [0.29, 0.717) is 5.56 Å². The average Bonchev–Trinajstić information content (AvgIpc) is 3.11. The molecule has 0 saturated carbocycles. The van der Waals surface area contributed by atoms with Gasteiger partial charge in [-0.2, -0.15) is 5.26 Å². The van der Waals surface area contributed by atoms with Gasteiger partial charge in [-0.05, 0) is 42.2 Å². The summed E-state index contributed by atoms with van der Waals surface area (Å²) < 4.78 is 0. The molecular weight excluding hydrogens is 272 g/mol. The second kappa shape index (κ2) is 7.06. The van der Waals surface area contributed by atoms with Crippen LogP contribution in [0.3, 0.4) is 0 Å². The Hall–Kier alpha value is -2.38. The van der Waals surface area contributed by atoms with E-state index < -0.39 is 0 Å². The summed E-state index contributed by atoms with van der Waals surface area (Å²) in [6, 6.07) is 14.1. The van der Waals surface area contributed by atoms with Crippen LogP contribution in [-0.2, 0) is 13.1 Å². The van der Waals surface area contributed by atoms with E-state index in [1.54, 1.807) is 0 Å². The molecule has 2 aromatic rings. The number of pyridine rings is 1. The lowest BCUT2D eigenvalue weighted by Gasteiger charge is -2.16. The van der Waals surface area contributed by atoms with E-state index in [1.165, 1.54) is 24.0 Å². The molecule has 3 rings (SSSR count). The second-order valence-electron chi connectivity index (χ2n) is 5.63. The van der Waals surface area contributed by atoms with Crippen LogP contribution in [0.15, 0.2) is 42.6 Å². The third-order valence-corrected chi connectivity index (χ3v) is 3.98. The molecule has 22 heavy (non-hydrogen) atoms. The van der Waals surface area contributed by atoms with Gasteiger partial charge >= 0.3 is 0 Å². The molecule has 0 spiro atoms. The lowest BCUT2D eigenvalue weighted by atomic mass is 10.1. The lowest BCUT2D eigenvalue weighted by molar-refractivity contribution is 0.691. The predicted molar refractivity (Wildman–Crippen MR) is 87.4 cm³/mol. The van der Waals surface area contributed by atoms with Crippen LogP contribution in [0.4, 0.5) is 5.82 Å².